The number of hydrogen-bond acceptors (Lipinski definition) is 3. The van der Waals surface area contributed by atoms with Gasteiger partial charge in [-0.15, -0.1) is 0 Å². The molecule has 1 aromatic carbocycles. The Morgan fingerprint density at radius 1 is 1.32 bits per heavy atom. The molecule has 0 unspecified atom stereocenters. The average Bonchev–Trinajstić information content (AvgIpc) is 2.87. The summed E-state index contributed by atoms with van der Waals surface area (Å²) in [5.74, 6) is 1.43. The summed E-state index contributed by atoms with van der Waals surface area (Å²) in [5, 5.41) is 7.17. The predicted octanol–water partition coefficient (Wildman–Crippen LogP) is 3.14. The van der Waals surface area contributed by atoms with Gasteiger partial charge in [0.05, 0.1) is 6.21 Å². The number of hydrazone groups is 1. The van der Waals surface area contributed by atoms with Gasteiger partial charge in [0.25, 0.3) is 0 Å². The highest BCUT2D eigenvalue weighted by molar-refractivity contribution is 9.10. The van der Waals surface area contributed by atoms with Crippen molar-refractivity contribution in [3.63, 3.8) is 0 Å². The van der Waals surface area contributed by atoms with Crippen LogP contribution < -0.4 is 10.7 Å². The van der Waals surface area contributed by atoms with E-state index in [9.17, 15) is 0 Å². The molecular weight excluding hydrogens is 326 g/mol. The fourth-order valence-corrected chi connectivity index (χ4v) is 1.97. The number of halogens is 1. The lowest BCUT2D eigenvalue weighted by Crippen LogP contribution is -2.28. The molecule has 0 spiro atoms. The van der Waals surface area contributed by atoms with E-state index in [2.05, 4.69) is 31.8 Å². The normalized spacial score (nSPS) is 10.6. The van der Waals surface area contributed by atoms with Crippen LogP contribution in [0, 0.1) is 0 Å². The molecule has 2 rings (SSSR count). The van der Waals surface area contributed by atoms with Gasteiger partial charge >= 0.3 is 0 Å². The maximum atomic E-state index is 5.68. The lowest BCUT2D eigenvalue weighted by molar-refractivity contribution is 0.574. The number of nitrogens with zero attached hydrogens (tertiary/aromatic N) is 1. The van der Waals surface area contributed by atoms with Crippen LogP contribution in [0.15, 0.2) is 50.4 Å². The van der Waals surface area contributed by atoms with Crippen molar-refractivity contribution in [2.24, 2.45) is 5.10 Å². The highest BCUT2D eigenvalue weighted by atomic mass is 79.9. The van der Waals surface area contributed by atoms with Crippen LogP contribution in [0.3, 0.4) is 0 Å². The number of hydrogen-bond donors (Lipinski definition) is 2. The minimum Gasteiger partial charge on any atom is -0.455 e. The second-order valence-electron chi connectivity index (χ2n) is 3.63. The van der Waals surface area contributed by atoms with Gasteiger partial charge in [-0.1, -0.05) is 34.1 Å². The van der Waals surface area contributed by atoms with Crippen molar-refractivity contribution in [3.8, 4) is 11.3 Å². The molecule has 0 bridgehead atoms. The highest BCUT2D eigenvalue weighted by Gasteiger charge is 2.06. The van der Waals surface area contributed by atoms with E-state index in [4.69, 9.17) is 16.6 Å². The van der Waals surface area contributed by atoms with Crippen molar-refractivity contribution in [1.29, 1.82) is 0 Å². The fraction of sp³-hybridized carbons (Fsp3) is 0.0769. The minimum atomic E-state index is 0.453. The zero-order valence-electron chi connectivity index (χ0n) is 10.2. The van der Waals surface area contributed by atoms with E-state index < -0.39 is 0 Å². The molecule has 6 heteroatoms. The summed E-state index contributed by atoms with van der Waals surface area (Å²) < 4.78 is 6.67. The SMILES string of the molecule is CNC(=S)N/N=C\c1ccc(-c2ccccc2Br)o1. The molecule has 19 heavy (non-hydrogen) atoms. The van der Waals surface area contributed by atoms with Crippen LogP contribution in [-0.4, -0.2) is 18.4 Å². The monoisotopic (exact) mass is 337 g/mol. The number of rotatable bonds is 3. The topological polar surface area (TPSA) is 49.6 Å². The first-order chi connectivity index (χ1) is 9.20. The molecule has 2 aromatic rings. The first-order valence-electron chi connectivity index (χ1n) is 5.56. The summed E-state index contributed by atoms with van der Waals surface area (Å²) in [7, 11) is 1.72. The van der Waals surface area contributed by atoms with E-state index in [-0.39, 0.29) is 0 Å². The summed E-state index contributed by atoms with van der Waals surface area (Å²) in [6, 6.07) is 11.6. The van der Waals surface area contributed by atoms with Crippen molar-refractivity contribution in [3.05, 3.63) is 46.6 Å². The average molecular weight is 338 g/mol. The van der Waals surface area contributed by atoms with Gasteiger partial charge in [-0.25, -0.2) is 0 Å². The van der Waals surface area contributed by atoms with E-state index in [1.54, 1.807) is 13.3 Å². The van der Waals surface area contributed by atoms with E-state index >= 15 is 0 Å². The molecule has 0 fully saturated rings. The van der Waals surface area contributed by atoms with Gasteiger partial charge in [-0.3, -0.25) is 5.43 Å². The van der Waals surface area contributed by atoms with Crippen LogP contribution in [0.2, 0.25) is 0 Å². The molecule has 4 nitrogen and oxygen atoms in total. The third kappa shape index (κ3) is 3.65. The molecule has 0 radical (unpaired) electrons. The fourth-order valence-electron chi connectivity index (χ4n) is 1.44. The van der Waals surface area contributed by atoms with Crippen molar-refractivity contribution in [2.45, 2.75) is 0 Å². The molecule has 98 valence electrons. The van der Waals surface area contributed by atoms with Gasteiger partial charge < -0.3 is 9.73 Å². The Kier molecular flexibility index (Phi) is 4.70. The Balaban J connectivity index is 2.12. The van der Waals surface area contributed by atoms with Crippen molar-refractivity contribution in [1.82, 2.24) is 10.7 Å². The molecule has 1 aromatic heterocycles. The Morgan fingerprint density at radius 2 is 2.11 bits per heavy atom. The third-order valence-electron chi connectivity index (χ3n) is 2.35. The van der Waals surface area contributed by atoms with Crippen LogP contribution in [-0.2, 0) is 0 Å². The van der Waals surface area contributed by atoms with Gasteiger partial charge in [0, 0.05) is 17.1 Å². The maximum Gasteiger partial charge on any atom is 0.186 e. The quantitative estimate of drug-likeness (QED) is 0.513. The lowest BCUT2D eigenvalue weighted by Gasteiger charge is -1.99. The van der Waals surface area contributed by atoms with Gasteiger partial charge in [0.2, 0.25) is 0 Å². The Morgan fingerprint density at radius 3 is 2.84 bits per heavy atom. The third-order valence-corrected chi connectivity index (χ3v) is 3.34. The summed E-state index contributed by atoms with van der Waals surface area (Å²) in [4.78, 5) is 0. The van der Waals surface area contributed by atoms with Crippen molar-refractivity contribution in [2.75, 3.05) is 7.05 Å². The summed E-state index contributed by atoms with van der Waals surface area (Å²) in [6.07, 6.45) is 1.57. The maximum absolute atomic E-state index is 5.68. The Labute approximate surface area is 125 Å². The molecule has 0 aliphatic carbocycles. The van der Waals surface area contributed by atoms with Crippen LogP contribution in [0.4, 0.5) is 0 Å². The number of furan rings is 1. The first-order valence-corrected chi connectivity index (χ1v) is 6.76. The summed E-state index contributed by atoms with van der Waals surface area (Å²) in [6.45, 7) is 0. The molecule has 1 heterocycles. The molecule has 0 aliphatic heterocycles. The van der Waals surface area contributed by atoms with Gasteiger partial charge in [0.1, 0.15) is 11.5 Å². The van der Waals surface area contributed by atoms with Crippen LogP contribution in [0.1, 0.15) is 5.76 Å². The smallest absolute Gasteiger partial charge is 0.186 e. The molecule has 0 aliphatic rings. The van der Waals surface area contributed by atoms with Gasteiger partial charge in [-0.2, -0.15) is 5.10 Å². The van der Waals surface area contributed by atoms with Crippen LogP contribution in [0.25, 0.3) is 11.3 Å². The zero-order chi connectivity index (χ0) is 13.7. The van der Waals surface area contributed by atoms with E-state index in [1.807, 2.05) is 36.4 Å². The molecule has 2 N–H and O–H groups in total. The number of benzene rings is 1. The van der Waals surface area contributed by atoms with Crippen molar-refractivity contribution < 1.29 is 4.42 Å². The van der Waals surface area contributed by atoms with E-state index in [0.29, 0.717) is 10.9 Å². The van der Waals surface area contributed by atoms with Crippen molar-refractivity contribution >= 4 is 39.5 Å². The standard InChI is InChI=1S/C13H12BrN3OS/c1-15-13(19)17-16-8-9-6-7-12(18-9)10-4-2-3-5-11(10)14/h2-8H,1H3,(H2,15,17,19)/b16-8-. The minimum absolute atomic E-state index is 0.453. The number of nitrogens with one attached hydrogen (secondary N) is 2. The molecule has 0 saturated heterocycles. The Hall–Kier alpha value is -1.66. The molecule has 0 atom stereocenters. The molecule has 0 amide bonds. The zero-order valence-corrected chi connectivity index (χ0v) is 12.6. The molecular formula is C13H12BrN3OS. The predicted molar refractivity (Wildman–Crippen MR) is 84.2 cm³/mol. The van der Waals surface area contributed by atoms with Crippen LogP contribution in [0.5, 0.6) is 0 Å². The second kappa shape index (κ2) is 6.49. The highest BCUT2D eigenvalue weighted by Crippen LogP contribution is 2.28. The second-order valence-corrected chi connectivity index (χ2v) is 4.89. The van der Waals surface area contributed by atoms with Crippen LogP contribution >= 0.6 is 28.1 Å². The van der Waals surface area contributed by atoms with E-state index in [0.717, 1.165) is 15.8 Å². The largest absolute Gasteiger partial charge is 0.455 e. The van der Waals surface area contributed by atoms with E-state index in [1.165, 1.54) is 0 Å². The summed E-state index contributed by atoms with van der Waals surface area (Å²) >= 11 is 8.39. The lowest BCUT2D eigenvalue weighted by atomic mass is 10.2. The number of thiocarbonyl (C=S) groups is 1. The van der Waals surface area contributed by atoms with Gasteiger partial charge in [-0.05, 0) is 30.4 Å². The molecule has 0 saturated carbocycles. The summed E-state index contributed by atoms with van der Waals surface area (Å²) in [5.41, 5.74) is 3.66. The first kappa shape index (κ1) is 13.8. The van der Waals surface area contributed by atoms with Gasteiger partial charge in [0.15, 0.2) is 5.11 Å². The Bertz CT molecular complexity index is 609.